The highest BCUT2D eigenvalue weighted by Crippen LogP contribution is 2.17. The normalized spacial score (nSPS) is 21.0. The van der Waals surface area contributed by atoms with Gasteiger partial charge in [0.05, 0.1) is 0 Å². The Morgan fingerprint density at radius 2 is 2.11 bits per heavy atom. The fourth-order valence-electron chi connectivity index (χ4n) is 2.10. The van der Waals surface area contributed by atoms with Gasteiger partial charge in [0, 0.05) is 18.3 Å². The van der Waals surface area contributed by atoms with Crippen LogP contribution in [-0.4, -0.2) is 49.0 Å². The maximum atomic E-state index is 4.63. The Balaban J connectivity index is 1.72. The highest BCUT2D eigenvalue weighted by molar-refractivity contribution is 8.14. The first-order valence-corrected chi connectivity index (χ1v) is 7.85. The van der Waals surface area contributed by atoms with Gasteiger partial charge in [0.15, 0.2) is 5.17 Å². The van der Waals surface area contributed by atoms with E-state index in [2.05, 4.69) is 59.6 Å². The number of amidine groups is 1. The van der Waals surface area contributed by atoms with Crippen molar-refractivity contribution in [3.63, 3.8) is 0 Å². The Labute approximate surface area is 120 Å². The lowest BCUT2D eigenvalue weighted by atomic mass is 10.1. The van der Waals surface area contributed by atoms with Gasteiger partial charge in [-0.2, -0.15) is 0 Å². The fourth-order valence-corrected chi connectivity index (χ4v) is 3.10. The second-order valence-corrected chi connectivity index (χ2v) is 6.19. The van der Waals surface area contributed by atoms with Gasteiger partial charge in [-0.15, -0.1) is 0 Å². The van der Waals surface area contributed by atoms with E-state index < -0.39 is 0 Å². The molecule has 1 aromatic rings. The molecule has 1 aromatic carbocycles. The van der Waals surface area contributed by atoms with Crippen LogP contribution in [0, 0.1) is 0 Å². The number of benzene rings is 1. The molecule has 0 radical (unpaired) electrons. The summed E-state index contributed by atoms with van der Waals surface area (Å²) in [5.74, 6) is 1.13. The van der Waals surface area contributed by atoms with Crippen LogP contribution in [0.2, 0.25) is 0 Å². The lowest BCUT2D eigenvalue weighted by Crippen LogP contribution is -2.29. The van der Waals surface area contributed by atoms with Crippen molar-refractivity contribution < 1.29 is 0 Å². The van der Waals surface area contributed by atoms with Gasteiger partial charge in [-0.3, -0.25) is 4.99 Å². The zero-order valence-electron chi connectivity index (χ0n) is 11.8. The predicted molar refractivity (Wildman–Crippen MR) is 85.0 cm³/mol. The van der Waals surface area contributed by atoms with Crippen molar-refractivity contribution in [2.24, 2.45) is 4.99 Å². The SMILES string of the molecule is CN(C)CCCN=C1NC(Cc2ccccc2)CS1. The van der Waals surface area contributed by atoms with Gasteiger partial charge in [-0.1, -0.05) is 42.1 Å². The maximum absolute atomic E-state index is 4.63. The second-order valence-electron chi connectivity index (χ2n) is 5.19. The molecular weight excluding hydrogens is 254 g/mol. The van der Waals surface area contributed by atoms with Crippen molar-refractivity contribution >= 4 is 16.9 Å². The number of rotatable bonds is 6. The molecule has 1 N–H and O–H groups in total. The fraction of sp³-hybridized carbons (Fsp3) is 0.533. The molecule has 1 atom stereocenters. The summed E-state index contributed by atoms with van der Waals surface area (Å²) in [6.07, 6.45) is 2.21. The Bertz CT molecular complexity index is 403. The van der Waals surface area contributed by atoms with Crippen molar-refractivity contribution in [1.29, 1.82) is 0 Å². The molecule has 0 amide bonds. The Morgan fingerprint density at radius 1 is 1.32 bits per heavy atom. The lowest BCUT2D eigenvalue weighted by molar-refractivity contribution is 0.403. The van der Waals surface area contributed by atoms with Crippen LogP contribution in [0.4, 0.5) is 0 Å². The van der Waals surface area contributed by atoms with Gasteiger partial charge in [0.25, 0.3) is 0 Å². The number of hydrogen-bond donors (Lipinski definition) is 1. The van der Waals surface area contributed by atoms with Gasteiger partial charge in [-0.05, 0) is 39.0 Å². The molecule has 1 aliphatic heterocycles. The molecule has 1 fully saturated rings. The van der Waals surface area contributed by atoms with E-state index in [1.165, 1.54) is 5.56 Å². The minimum Gasteiger partial charge on any atom is -0.361 e. The summed E-state index contributed by atoms with van der Waals surface area (Å²) < 4.78 is 0. The first-order chi connectivity index (χ1) is 9.24. The molecular formula is C15H23N3S. The summed E-state index contributed by atoms with van der Waals surface area (Å²) in [5, 5.41) is 4.65. The van der Waals surface area contributed by atoms with Crippen molar-refractivity contribution in [3.8, 4) is 0 Å². The third kappa shape index (κ3) is 5.25. The predicted octanol–water partition coefficient (Wildman–Crippen LogP) is 2.24. The van der Waals surface area contributed by atoms with E-state index in [0.717, 1.165) is 36.9 Å². The van der Waals surface area contributed by atoms with Crippen molar-refractivity contribution in [3.05, 3.63) is 35.9 Å². The van der Waals surface area contributed by atoms with Crippen molar-refractivity contribution in [1.82, 2.24) is 10.2 Å². The van der Waals surface area contributed by atoms with Gasteiger partial charge < -0.3 is 10.2 Å². The van der Waals surface area contributed by atoms with Gasteiger partial charge >= 0.3 is 0 Å². The van der Waals surface area contributed by atoms with E-state index in [9.17, 15) is 0 Å². The maximum Gasteiger partial charge on any atom is 0.156 e. The minimum atomic E-state index is 0.528. The monoisotopic (exact) mass is 277 g/mol. The van der Waals surface area contributed by atoms with E-state index in [-0.39, 0.29) is 0 Å². The molecule has 4 heteroatoms. The summed E-state index contributed by atoms with van der Waals surface area (Å²) in [6.45, 7) is 2.03. The molecule has 1 aliphatic rings. The summed E-state index contributed by atoms with van der Waals surface area (Å²) in [5.41, 5.74) is 1.40. The highest BCUT2D eigenvalue weighted by Gasteiger charge is 2.19. The van der Waals surface area contributed by atoms with Crippen LogP contribution in [-0.2, 0) is 6.42 Å². The molecule has 1 saturated heterocycles. The molecule has 0 aliphatic carbocycles. The van der Waals surface area contributed by atoms with Crippen molar-refractivity contribution in [2.75, 3.05) is 32.9 Å². The average Bonchev–Trinajstić information content (AvgIpc) is 2.83. The average molecular weight is 277 g/mol. The van der Waals surface area contributed by atoms with Gasteiger partial charge in [0.2, 0.25) is 0 Å². The summed E-state index contributed by atoms with van der Waals surface area (Å²) in [6, 6.07) is 11.2. The molecule has 1 unspecified atom stereocenters. The van der Waals surface area contributed by atoms with Crippen LogP contribution in [0.25, 0.3) is 0 Å². The van der Waals surface area contributed by atoms with Gasteiger partial charge in [-0.25, -0.2) is 0 Å². The van der Waals surface area contributed by atoms with Crippen LogP contribution < -0.4 is 5.32 Å². The van der Waals surface area contributed by atoms with Crippen LogP contribution in [0.15, 0.2) is 35.3 Å². The smallest absolute Gasteiger partial charge is 0.156 e. The molecule has 19 heavy (non-hydrogen) atoms. The summed E-state index contributed by atoms with van der Waals surface area (Å²) in [4.78, 5) is 6.83. The Morgan fingerprint density at radius 3 is 2.84 bits per heavy atom. The Hall–Kier alpha value is -1.00. The number of thioether (sulfide) groups is 1. The largest absolute Gasteiger partial charge is 0.361 e. The molecule has 0 bridgehead atoms. The quantitative estimate of drug-likeness (QED) is 0.808. The second kappa shape index (κ2) is 7.56. The van der Waals surface area contributed by atoms with Crippen molar-refractivity contribution in [2.45, 2.75) is 18.9 Å². The Kier molecular flexibility index (Phi) is 5.73. The van der Waals surface area contributed by atoms with Gasteiger partial charge in [0.1, 0.15) is 0 Å². The molecule has 104 valence electrons. The van der Waals surface area contributed by atoms with E-state index in [1.54, 1.807) is 0 Å². The van der Waals surface area contributed by atoms with E-state index in [4.69, 9.17) is 0 Å². The van der Waals surface area contributed by atoms with Crippen LogP contribution in [0.1, 0.15) is 12.0 Å². The third-order valence-corrected chi connectivity index (χ3v) is 4.18. The molecule has 0 spiro atoms. The standard InChI is InChI=1S/C15H23N3S/c1-18(2)10-6-9-16-15-17-14(12-19-15)11-13-7-4-3-5-8-13/h3-5,7-8,14H,6,9-12H2,1-2H3,(H,16,17). The van der Waals surface area contributed by atoms with Crippen LogP contribution in [0.5, 0.6) is 0 Å². The number of nitrogens with zero attached hydrogens (tertiary/aromatic N) is 2. The molecule has 0 aromatic heterocycles. The van der Waals surface area contributed by atoms with Crippen LogP contribution >= 0.6 is 11.8 Å². The van der Waals surface area contributed by atoms with Crippen LogP contribution in [0.3, 0.4) is 0 Å². The summed E-state index contributed by atoms with van der Waals surface area (Å²) >= 11 is 1.85. The van der Waals surface area contributed by atoms with E-state index in [0.29, 0.717) is 6.04 Å². The highest BCUT2D eigenvalue weighted by atomic mass is 32.2. The number of hydrogen-bond acceptors (Lipinski definition) is 3. The van der Waals surface area contributed by atoms with E-state index >= 15 is 0 Å². The lowest BCUT2D eigenvalue weighted by Gasteiger charge is -2.10. The molecule has 1 heterocycles. The number of aliphatic imine (C=N–C) groups is 1. The molecule has 0 saturated carbocycles. The van der Waals surface area contributed by atoms with E-state index in [1.807, 2.05) is 11.8 Å². The first kappa shape index (κ1) is 14.4. The minimum absolute atomic E-state index is 0.528. The molecule has 2 rings (SSSR count). The molecule has 3 nitrogen and oxygen atoms in total. The first-order valence-electron chi connectivity index (χ1n) is 6.86. The zero-order valence-corrected chi connectivity index (χ0v) is 12.6. The number of nitrogens with one attached hydrogen (secondary N) is 1. The zero-order chi connectivity index (χ0) is 13.5. The topological polar surface area (TPSA) is 27.6 Å². The summed E-state index contributed by atoms with van der Waals surface area (Å²) in [7, 11) is 4.21. The third-order valence-electron chi connectivity index (χ3n) is 3.09.